The normalized spacial score (nSPS) is 23.0. The second kappa shape index (κ2) is 6.12. The van der Waals surface area contributed by atoms with Gasteiger partial charge in [-0.3, -0.25) is 9.88 Å². The van der Waals surface area contributed by atoms with Crippen molar-refractivity contribution in [1.29, 1.82) is 0 Å². The third-order valence-electron chi connectivity index (χ3n) is 5.72. The lowest BCUT2D eigenvalue weighted by molar-refractivity contribution is 0.203. The van der Waals surface area contributed by atoms with Crippen molar-refractivity contribution < 1.29 is 0 Å². The molecule has 0 spiro atoms. The first-order valence-electron chi connectivity index (χ1n) is 9.22. The second-order valence-corrected chi connectivity index (χ2v) is 7.26. The van der Waals surface area contributed by atoms with Crippen molar-refractivity contribution in [3.8, 4) is 0 Å². The fraction of sp³-hybridized carbons (Fsp3) is 0.261. The van der Waals surface area contributed by atoms with Gasteiger partial charge in [-0.1, -0.05) is 48.5 Å². The zero-order chi connectivity index (χ0) is 16.6. The van der Waals surface area contributed by atoms with Crippen LogP contribution in [0.1, 0.15) is 30.4 Å². The lowest BCUT2D eigenvalue weighted by atomic mass is 9.93. The molecule has 5 rings (SSSR count). The summed E-state index contributed by atoms with van der Waals surface area (Å²) in [5.41, 5.74) is 5.39. The van der Waals surface area contributed by atoms with Gasteiger partial charge in [0, 0.05) is 30.2 Å². The molecule has 1 saturated heterocycles. The molecule has 0 saturated carbocycles. The zero-order valence-electron chi connectivity index (χ0n) is 14.3. The number of aromatic nitrogens is 1. The van der Waals surface area contributed by atoms with Crippen molar-refractivity contribution in [2.24, 2.45) is 0 Å². The summed E-state index contributed by atoms with van der Waals surface area (Å²) in [5.74, 6) is 0. The number of hydrogen-bond donors (Lipinski definition) is 0. The molecule has 1 fully saturated rings. The van der Waals surface area contributed by atoms with E-state index in [1.807, 2.05) is 12.3 Å². The molecule has 0 N–H and O–H groups in total. The van der Waals surface area contributed by atoms with Crippen LogP contribution in [0.4, 0.5) is 0 Å². The molecule has 2 atom stereocenters. The van der Waals surface area contributed by atoms with E-state index in [0.29, 0.717) is 12.1 Å². The van der Waals surface area contributed by atoms with E-state index in [2.05, 4.69) is 70.6 Å². The van der Waals surface area contributed by atoms with Gasteiger partial charge in [0.2, 0.25) is 0 Å². The Labute approximate surface area is 148 Å². The van der Waals surface area contributed by atoms with E-state index in [1.54, 1.807) is 0 Å². The highest BCUT2D eigenvalue weighted by molar-refractivity contribution is 5.83. The molecule has 2 nitrogen and oxygen atoms in total. The summed E-state index contributed by atoms with van der Waals surface area (Å²) < 4.78 is 0. The van der Waals surface area contributed by atoms with Crippen molar-refractivity contribution in [3.63, 3.8) is 0 Å². The molecule has 3 aromatic rings. The van der Waals surface area contributed by atoms with Crippen LogP contribution in [-0.2, 0) is 6.54 Å². The Morgan fingerprint density at radius 1 is 0.960 bits per heavy atom. The average molecular weight is 326 g/mol. The molecular formula is C23H22N2. The SMILES string of the molecule is C1=C(c2ccc3ncccc3c2)CC2CCC1N2Cc1ccccc1. The quantitative estimate of drug-likeness (QED) is 0.669. The molecule has 2 bridgehead atoms. The third kappa shape index (κ3) is 2.77. The fourth-order valence-corrected chi connectivity index (χ4v) is 4.45. The molecule has 2 heteroatoms. The summed E-state index contributed by atoms with van der Waals surface area (Å²) in [6, 6.07) is 23.0. The number of fused-ring (bicyclic) bond motifs is 3. The summed E-state index contributed by atoms with van der Waals surface area (Å²) >= 11 is 0. The van der Waals surface area contributed by atoms with Crippen LogP contribution < -0.4 is 0 Å². The van der Waals surface area contributed by atoms with E-state index < -0.39 is 0 Å². The first-order valence-corrected chi connectivity index (χ1v) is 9.22. The van der Waals surface area contributed by atoms with Gasteiger partial charge in [-0.25, -0.2) is 0 Å². The van der Waals surface area contributed by atoms with Crippen LogP contribution in [0.5, 0.6) is 0 Å². The fourth-order valence-electron chi connectivity index (χ4n) is 4.45. The van der Waals surface area contributed by atoms with Crippen molar-refractivity contribution in [3.05, 3.63) is 84.1 Å². The number of hydrogen-bond acceptors (Lipinski definition) is 2. The molecule has 0 radical (unpaired) electrons. The molecule has 0 amide bonds. The van der Waals surface area contributed by atoms with Gasteiger partial charge in [0.15, 0.2) is 0 Å². The maximum Gasteiger partial charge on any atom is 0.0702 e. The van der Waals surface area contributed by atoms with E-state index in [0.717, 1.165) is 18.5 Å². The Kier molecular flexibility index (Phi) is 3.64. The van der Waals surface area contributed by atoms with Crippen LogP contribution in [0.2, 0.25) is 0 Å². The van der Waals surface area contributed by atoms with Gasteiger partial charge < -0.3 is 0 Å². The van der Waals surface area contributed by atoms with E-state index in [-0.39, 0.29) is 0 Å². The number of pyridine rings is 1. The van der Waals surface area contributed by atoms with Crippen molar-refractivity contribution in [2.75, 3.05) is 0 Å². The van der Waals surface area contributed by atoms with E-state index in [4.69, 9.17) is 0 Å². The first-order chi connectivity index (χ1) is 12.4. The summed E-state index contributed by atoms with van der Waals surface area (Å²) in [5, 5.41) is 1.24. The summed E-state index contributed by atoms with van der Waals surface area (Å²) in [6.07, 6.45) is 8.14. The van der Waals surface area contributed by atoms with Gasteiger partial charge in [-0.15, -0.1) is 0 Å². The highest BCUT2D eigenvalue weighted by Crippen LogP contribution is 2.39. The Morgan fingerprint density at radius 2 is 1.88 bits per heavy atom. The number of rotatable bonds is 3. The molecular weight excluding hydrogens is 304 g/mol. The van der Waals surface area contributed by atoms with E-state index in [1.165, 1.54) is 34.9 Å². The van der Waals surface area contributed by atoms with Gasteiger partial charge in [-0.2, -0.15) is 0 Å². The minimum absolute atomic E-state index is 0.582. The molecule has 1 aromatic heterocycles. The Bertz CT molecular complexity index is 929. The van der Waals surface area contributed by atoms with Crippen LogP contribution in [0, 0.1) is 0 Å². The first kappa shape index (κ1) is 14.9. The van der Waals surface area contributed by atoms with Crippen molar-refractivity contribution >= 4 is 16.5 Å². The molecule has 3 heterocycles. The minimum atomic E-state index is 0.582. The third-order valence-corrected chi connectivity index (χ3v) is 5.72. The summed E-state index contributed by atoms with van der Waals surface area (Å²) in [7, 11) is 0. The standard InChI is InChI=1S/C23H22N2/c1-2-5-17(6-3-1)16-25-21-9-10-22(25)15-20(14-21)18-8-11-23-19(13-18)7-4-12-24-23/h1-8,11-14,21-22H,9-10,15-16H2. The molecule has 2 aliphatic rings. The second-order valence-electron chi connectivity index (χ2n) is 7.26. The highest BCUT2D eigenvalue weighted by Gasteiger charge is 2.36. The topological polar surface area (TPSA) is 16.1 Å². The zero-order valence-corrected chi connectivity index (χ0v) is 14.3. The lowest BCUT2D eigenvalue weighted by Gasteiger charge is -2.34. The minimum Gasteiger partial charge on any atom is -0.289 e. The van der Waals surface area contributed by atoms with Crippen LogP contribution in [-0.4, -0.2) is 22.0 Å². The molecule has 2 aromatic carbocycles. The van der Waals surface area contributed by atoms with Gasteiger partial charge >= 0.3 is 0 Å². The van der Waals surface area contributed by atoms with Crippen LogP contribution in [0.15, 0.2) is 72.9 Å². The number of benzene rings is 2. The summed E-state index contributed by atoms with van der Waals surface area (Å²) in [6.45, 7) is 1.07. The van der Waals surface area contributed by atoms with Crippen LogP contribution in [0.3, 0.4) is 0 Å². The van der Waals surface area contributed by atoms with Crippen LogP contribution >= 0.6 is 0 Å². The molecule has 2 aliphatic heterocycles. The van der Waals surface area contributed by atoms with E-state index in [9.17, 15) is 0 Å². The molecule has 25 heavy (non-hydrogen) atoms. The maximum atomic E-state index is 4.44. The maximum absolute atomic E-state index is 4.44. The predicted octanol–water partition coefficient (Wildman–Crippen LogP) is 5.06. The van der Waals surface area contributed by atoms with Gasteiger partial charge in [0.25, 0.3) is 0 Å². The monoisotopic (exact) mass is 326 g/mol. The van der Waals surface area contributed by atoms with Crippen molar-refractivity contribution in [1.82, 2.24) is 9.88 Å². The van der Waals surface area contributed by atoms with Gasteiger partial charge in [-0.05, 0) is 54.2 Å². The molecule has 0 aliphatic carbocycles. The van der Waals surface area contributed by atoms with Crippen LogP contribution in [0.25, 0.3) is 16.5 Å². The van der Waals surface area contributed by atoms with Crippen molar-refractivity contribution in [2.45, 2.75) is 37.9 Å². The Balaban J connectivity index is 1.43. The largest absolute Gasteiger partial charge is 0.289 e. The van der Waals surface area contributed by atoms with Gasteiger partial charge in [0.05, 0.1) is 5.52 Å². The lowest BCUT2D eigenvalue weighted by Crippen LogP contribution is -2.37. The predicted molar refractivity (Wildman–Crippen MR) is 103 cm³/mol. The Morgan fingerprint density at radius 3 is 2.76 bits per heavy atom. The Hall–Kier alpha value is -2.45. The smallest absolute Gasteiger partial charge is 0.0702 e. The molecule has 124 valence electrons. The summed E-state index contributed by atoms with van der Waals surface area (Å²) in [4.78, 5) is 7.14. The number of nitrogens with zero attached hydrogens (tertiary/aromatic N) is 2. The van der Waals surface area contributed by atoms with E-state index >= 15 is 0 Å². The average Bonchev–Trinajstić information content (AvgIpc) is 2.90. The van der Waals surface area contributed by atoms with Gasteiger partial charge in [0.1, 0.15) is 0 Å². The molecule has 2 unspecified atom stereocenters. The highest BCUT2D eigenvalue weighted by atomic mass is 15.2.